The summed E-state index contributed by atoms with van der Waals surface area (Å²) in [6.45, 7) is 6.58. The average Bonchev–Trinajstić information content (AvgIpc) is 3.50. The molecular formula is C77H138O6. The van der Waals surface area contributed by atoms with Crippen LogP contribution in [0.25, 0.3) is 0 Å². The minimum absolute atomic E-state index is 0.0790. The van der Waals surface area contributed by atoms with Gasteiger partial charge in [0.25, 0.3) is 0 Å². The predicted octanol–water partition coefficient (Wildman–Crippen LogP) is 25.2. The highest BCUT2D eigenvalue weighted by atomic mass is 16.6. The van der Waals surface area contributed by atoms with E-state index in [1.165, 1.54) is 231 Å². The van der Waals surface area contributed by atoms with Crippen molar-refractivity contribution in [3.8, 4) is 0 Å². The molecule has 1 unspecified atom stereocenters. The Hall–Kier alpha value is -3.15. The number of carbonyl (C=O) groups is 3. The van der Waals surface area contributed by atoms with Gasteiger partial charge in [0.15, 0.2) is 6.10 Å². The molecule has 0 bridgehead atoms. The summed E-state index contributed by atoms with van der Waals surface area (Å²) in [6, 6.07) is 0. The maximum absolute atomic E-state index is 13.0. The Bertz CT molecular complexity index is 1520. The van der Waals surface area contributed by atoms with Gasteiger partial charge in [0.1, 0.15) is 13.2 Å². The van der Waals surface area contributed by atoms with E-state index >= 15 is 0 Å². The van der Waals surface area contributed by atoms with Crippen molar-refractivity contribution in [1.82, 2.24) is 0 Å². The number of unbranched alkanes of at least 4 members (excludes halogenated alkanes) is 44. The third-order valence-electron chi connectivity index (χ3n) is 16.2. The van der Waals surface area contributed by atoms with Crippen LogP contribution < -0.4 is 0 Å². The Kier molecular flexibility index (Phi) is 68.6. The molecule has 83 heavy (non-hydrogen) atoms. The lowest BCUT2D eigenvalue weighted by Crippen LogP contribution is -2.30. The van der Waals surface area contributed by atoms with Gasteiger partial charge in [0.05, 0.1) is 0 Å². The smallest absolute Gasteiger partial charge is 0.306 e. The molecule has 0 aromatic rings. The zero-order valence-electron chi connectivity index (χ0n) is 55.5. The van der Waals surface area contributed by atoms with Crippen LogP contribution in [0.1, 0.15) is 380 Å². The minimum atomic E-state index is -0.786. The Morgan fingerprint density at radius 2 is 0.470 bits per heavy atom. The normalized spacial score (nSPS) is 12.5. The van der Waals surface area contributed by atoms with Crippen LogP contribution in [0.15, 0.2) is 72.9 Å². The Balaban J connectivity index is 4.32. The molecule has 0 heterocycles. The third-order valence-corrected chi connectivity index (χ3v) is 16.2. The van der Waals surface area contributed by atoms with Crippen molar-refractivity contribution in [1.29, 1.82) is 0 Å². The summed E-state index contributed by atoms with van der Waals surface area (Å²) in [7, 11) is 0. The molecule has 0 aromatic heterocycles. The summed E-state index contributed by atoms with van der Waals surface area (Å²) in [4.78, 5) is 38.5. The first-order valence-corrected chi connectivity index (χ1v) is 36.4. The number of ether oxygens (including phenoxy) is 3. The second-order valence-corrected chi connectivity index (χ2v) is 24.5. The molecule has 6 heteroatoms. The molecule has 0 amide bonds. The van der Waals surface area contributed by atoms with Crippen molar-refractivity contribution in [2.45, 2.75) is 386 Å². The van der Waals surface area contributed by atoms with Crippen LogP contribution in [0.3, 0.4) is 0 Å². The predicted molar refractivity (Wildman–Crippen MR) is 362 cm³/mol. The second-order valence-electron chi connectivity index (χ2n) is 24.5. The Morgan fingerprint density at radius 3 is 0.747 bits per heavy atom. The van der Waals surface area contributed by atoms with E-state index in [0.29, 0.717) is 19.3 Å². The zero-order valence-corrected chi connectivity index (χ0v) is 55.5. The summed E-state index contributed by atoms with van der Waals surface area (Å²) in [6.07, 6.45) is 93.6. The number of hydrogen-bond acceptors (Lipinski definition) is 6. The van der Waals surface area contributed by atoms with Crippen molar-refractivity contribution in [3.05, 3.63) is 72.9 Å². The molecule has 0 spiro atoms. The molecule has 0 aliphatic heterocycles. The maximum Gasteiger partial charge on any atom is 0.306 e. The van der Waals surface area contributed by atoms with Gasteiger partial charge in [-0.3, -0.25) is 14.4 Å². The van der Waals surface area contributed by atoms with Gasteiger partial charge in [-0.25, -0.2) is 0 Å². The maximum atomic E-state index is 13.0. The van der Waals surface area contributed by atoms with Crippen LogP contribution in [-0.4, -0.2) is 37.2 Å². The van der Waals surface area contributed by atoms with Gasteiger partial charge in [-0.2, -0.15) is 0 Å². The van der Waals surface area contributed by atoms with Gasteiger partial charge in [-0.05, 0) is 89.9 Å². The van der Waals surface area contributed by atoms with E-state index in [1.54, 1.807) is 0 Å². The lowest BCUT2D eigenvalue weighted by molar-refractivity contribution is -0.167. The molecule has 0 fully saturated rings. The van der Waals surface area contributed by atoms with E-state index in [0.717, 1.165) is 109 Å². The van der Waals surface area contributed by atoms with E-state index in [-0.39, 0.29) is 31.1 Å². The molecule has 0 aromatic carbocycles. The van der Waals surface area contributed by atoms with Crippen molar-refractivity contribution in [3.63, 3.8) is 0 Å². The SMILES string of the molecule is CC/C=C\C/C=C\C/C=C\C/C=C\C/C=C\CCCCCCCC(=O)OC(COC(=O)CCCCCCCCCCCCCCCCC/C=C\CCCCCCCCCC)COC(=O)CCCCCCCCCCCCCCCCCCC. The van der Waals surface area contributed by atoms with E-state index < -0.39 is 6.10 Å². The van der Waals surface area contributed by atoms with Gasteiger partial charge < -0.3 is 14.2 Å². The molecule has 0 saturated carbocycles. The summed E-state index contributed by atoms with van der Waals surface area (Å²) in [5.74, 6) is -0.873. The van der Waals surface area contributed by atoms with Crippen LogP contribution in [0.4, 0.5) is 0 Å². The highest BCUT2D eigenvalue weighted by Gasteiger charge is 2.19. The second kappa shape index (κ2) is 71.3. The van der Waals surface area contributed by atoms with E-state index in [4.69, 9.17) is 14.2 Å². The summed E-state index contributed by atoms with van der Waals surface area (Å²) in [5, 5.41) is 0. The topological polar surface area (TPSA) is 78.9 Å². The van der Waals surface area contributed by atoms with Gasteiger partial charge in [0, 0.05) is 19.3 Å². The number of carbonyl (C=O) groups excluding carboxylic acids is 3. The molecule has 0 radical (unpaired) electrons. The molecule has 0 N–H and O–H groups in total. The van der Waals surface area contributed by atoms with Crippen molar-refractivity contribution in [2.75, 3.05) is 13.2 Å². The Labute approximate surface area is 516 Å². The molecule has 0 aliphatic carbocycles. The lowest BCUT2D eigenvalue weighted by Gasteiger charge is -2.18. The fourth-order valence-corrected chi connectivity index (χ4v) is 10.8. The third kappa shape index (κ3) is 69.5. The van der Waals surface area contributed by atoms with Crippen molar-refractivity contribution >= 4 is 17.9 Å². The van der Waals surface area contributed by atoms with Gasteiger partial charge in [0.2, 0.25) is 0 Å². The minimum Gasteiger partial charge on any atom is -0.462 e. The highest BCUT2D eigenvalue weighted by molar-refractivity contribution is 5.71. The van der Waals surface area contributed by atoms with Crippen LogP contribution in [-0.2, 0) is 28.6 Å². The average molecular weight is 1160 g/mol. The van der Waals surface area contributed by atoms with Gasteiger partial charge in [-0.15, -0.1) is 0 Å². The number of allylic oxidation sites excluding steroid dienone is 12. The molecule has 6 nitrogen and oxygen atoms in total. The van der Waals surface area contributed by atoms with E-state index in [1.807, 2.05) is 0 Å². The molecule has 0 aliphatic rings. The number of esters is 3. The lowest BCUT2D eigenvalue weighted by atomic mass is 10.0. The molecule has 1 atom stereocenters. The molecular weight excluding hydrogens is 1020 g/mol. The summed E-state index contributed by atoms with van der Waals surface area (Å²) >= 11 is 0. The number of hydrogen-bond donors (Lipinski definition) is 0. The van der Waals surface area contributed by atoms with Crippen LogP contribution in [0, 0.1) is 0 Å². The fraction of sp³-hybridized carbons (Fsp3) is 0.805. The molecule has 482 valence electrons. The highest BCUT2D eigenvalue weighted by Crippen LogP contribution is 2.18. The first kappa shape index (κ1) is 79.8. The summed E-state index contributed by atoms with van der Waals surface area (Å²) in [5.41, 5.74) is 0. The standard InChI is InChI=1S/C77H138O6/c1-4-7-10-13-16-19-22-25-28-31-33-35-36-37-38-39-40-42-43-46-49-52-55-58-61-64-67-70-76(79)82-73-74(72-81-75(78)69-66-63-60-57-54-51-48-45-30-27-24-21-18-15-12-9-6-3)83-77(80)71-68-65-62-59-56-53-50-47-44-41-34-32-29-26-23-20-17-14-11-8-5-2/h8,11,17,20,26,29,31,33-34,41,47,50,74H,4-7,9-10,12-16,18-19,21-25,27-28,30,32,35-40,42-46,48-49,51-73H2,1-3H3/b11-8-,20-17-,29-26-,33-31-,41-34-,50-47-. The van der Waals surface area contributed by atoms with E-state index in [9.17, 15) is 14.4 Å². The van der Waals surface area contributed by atoms with Gasteiger partial charge >= 0.3 is 17.9 Å². The number of rotatable bonds is 67. The van der Waals surface area contributed by atoms with Crippen molar-refractivity contribution < 1.29 is 28.6 Å². The van der Waals surface area contributed by atoms with Crippen LogP contribution in [0.5, 0.6) is 0 Å². The summed E-state index contributed by atoms with van der Waals surface area (Å²) < 4.78 is 17.0. The fourth-order valence-electron chi connectivity index (χ4n) is 10.8. The van der Waals surface area contributed by atoms with Crippen LogP contribution >= 0.6 is 0 Å². The quantitative estimate of drug-likeness (QED) is 0.0261. The van der Waals surface area contributed by atoms with E-state index in [2.05, 4.69) is 93.7 Å². The van der Waals surface area contributed by atoms with Gasteiger partial charge in [-0.1, -0.05) is 344 Å². The molecule has 0 saturated heterocycles. The Morgan fingerprint density at radius 1 is 0.253 bits per heavy atom. The monoisotopic (exact) mass is 1160 g/mol. The first-order chi connectivity index (χ1) is 41.0. The molecule has 0 rings (SSSR count). The van der Waals surface area contributed by atoms with Crippen LogP contribution in [0.2, 0.25) is 0 Å². The first-order valence-electron chi connectivity index (χ1n) is 36.4. The largest absolute Gasteiger partial charge is 0.462 e. The van der Waals surface area contributed by atoms with Crippen molar-refractivity contribution in [2.24, 2.45) is 0 Å². The zero-order chi connectivity index (χ0) is 59.9.